The standard InChI is InChI=1S/C25H23ClN2O4S2/c1-32-20(29)9-3-2-6-14-27-24(31)22(34-25(27)33)21-18-7-4-5-8-19(18)28(23(21)30)15-16-10-12-17(26)13-11-16/h4-5,7-8,10-13H,2-3,6,9,14-15H2,1H3/b22-21-. The van der Waals surface area contributed by atoms with Crippen LogP contribution in [0.4, 0.5) is 5.69 Å². The molecular formula is C25H23ClN2O4S2. The van der Waals surface area contributed by atoms with Crippen molar-refractivity contribution in [1.29, 1.82) is 0 Å². The fraction of sp³-hybridized carbons (Fsp3) is 0.280. The number of methoxy groups -OCH3 is 1. The molecule has 0 aliphatic carbocycles. The Morgan fingerprint density at radius 2 is 1.74 bits per heavy atom. The summed E-state index contributed by atoms with van der Waals surface area (Å²) in [7, 11) is 1.37. The SMILES string of the molecule is COC(=O)CCCCCN1C(=O)/C(=C2/C(=O)N(Cc3ccc(Cl)cc3)c3ccccc32)SC1=S. The summed E-state index contributed by atoms with van der Waals surface area (Å²) in [6.07, 6.45) is 2.52. The Bertz CT molecular complexity index is 1180. The van der Waals surface area contributed by atoms with Crippen LogP contribution in [0.3, 0.4) is 0 Å². The normalized spacial score (nSPS) is 17.5. The molecule has 0 N–H and O–H groups in total. The summed E-state index contributed by atoms with van der Waals surface area (Å²) in [6, 6.07) is 14.8. The molecule has 0 unspecified atom stereocenters. The molecule has 2 heterocycles. The van der Waals surface area contributed by atoms with Crippen LogP contribution in [-0.4, -0.2) is 40.7 Å². The number of esters is 1. The monoisotopic (exact) mass is 514 g/mol. The number of anilines is 1. The van der Waals surface area contributed by atoms with Crippen LogP contribution in [-0.2, 0) is 25.7 Å². The number of benzene rings is 2. The van der Waals surface area contributed by atoms with Crippen molar-refractivity contribution in [3.8, 4) is 0 Å². The second-order valence-electron chi connectivity index (χ2n) is 7.95. The molecule has 0 bridgehead atoms. The number of carbonyl (C=O) groups is 3. The molecule has 9 heteroatoms. The summed E-state index contributed by atoms with van der Waals surface area (Å²) in [4.78, 5) is 41.7. The van der Waals surface area contributed by atoms with Gasteiger partial charge >= 0.3 is 5.97 Å². The van der Waals surface area contributed by atoms with Crippen LogP contribution in [0, 0.1) is 0 Å². The van der Waals surface area contributed by atoms with Crippen LogP contribution in [0.2, 0.25) is 5.02 Å². The van der Waals surface area contributed by atoms with Crippen LogP contribution in [0.15, 0.2) is 53.4 Å². The largest absolute Gasteiger partial charge is 0.469 e. The van der Waals surface area contributed by atoms with Crippen LogP contribution in [0.25, 0.3) is 5.57 Å². The average molecular weight is 515 g/mol. The lowest BCUT2D eigenvalue weighted by atomic mass is 10.1. The predicted molar refractivity (Wildman–Crippen MR) is 138 cm³/mol. The van der Waals surface area contributed by atoms with Gasteiger partial charge < -0.3 is 9.64 Å². The number of nitrogens with zero attached hydrogens (tertiary/aromatic N) is 2. The highest BCUT2D eigenvalue weighted by Gasteiger charge is 2.41. The fourth-order valence-corrected chi connectivity index (χ4v) is 5.50. The summed E-state index contributed by atoms with van der Waals surface area (Å²) < 4.78 is 5.10. The maximum absolute atomic E-state index is 13.5. The number of amides is 2. The smallest absolute Gasteiger partial charge is 0.305 e. The second kappa shape index (κ2) is 10.7. The minimum atomic E-state index is -0.241. The van der Waals surface area contributed by atoms with Crippen LogP contribution >= 0.6 is 35.6 Å². The summed E-state index contributed by atoms with van der Waals surface area (Å²) in [5.74, 6) is -0.693. The Balaban J connectivity index is 1.53. The van der Waals surface area contributed by atoms with Crippen molar-refractivity contribution in [2.75, 3.05) is 18.6 Å². The van der Waals surface area contributed by atoms with Gasteiger partial charge in [0, 0.05) is 23.6 Å². The van der Waals surface area contributed by atoms with E-state index in [1.807, 2.05) is 36.4 Å². The van der Waals surface area contributed by atoms with Gasteiger partial charge in [-0.25, -0.2) is 0 Å². The summed E-state index contributed by atoms with van der Waals surface area (Å²) in [5.41, 5.74) is 2.84. The van der Waals surface area contributed by atoms with E-state index in [2.05, 4.69) is 4.74 Å². The van der Waals surface area contributed by atoms with Crippen LogP contribution < -0.4 is 4.90 Å². The Kier molecular flexibility index (Phi) is 7.70. The van der Waals surface area contributed by atoms with Crippen molar-refractivity contribution in [1.82, 2.24) is 4.90 Å². The first kappa shape index (κ1) is 24.4. The number of fused-ring (bicyclic) bond motifs is 1. The number of para-hydroxylation sites is 1. The van der Waals surface area contributed by atoms with E-state index in [4.69, 9.17) is 23.8 Å². The third kappa shape index (κ3) is 5.04. The molecule has 6 nitrogen and oxygen atoms in total. The van der Waals surface area contributed by atoms with Gasteiger partial charge in [-0.15, -0.1) is 0 Å². The molecule has 2 aromatic rings. The van der Waals surface area contributed by atoms with E-state index in [9.17, 15) is 14.4 Å². The lowest BCUT2D eigenvalue weighted by molar-refractivity contribution is -0.140. The third-order valence-corrected chi connectivity index (χ3v) is 7.44. The van der Waals surface area contributed by atoms with Crippen molar-refractivity contribution in [3.63, 3.8) is 0 Å². The van der Waals surface area contributed by atoms with E-state index in [0.717, 1.165) is 23.2 Å². The molecular weight excluding hydrogens is 492 g/mol. The molecule has 4 rings (SSSR count). The van der Waals surface area contributed by atoms with Gasteiger partial charge in [0.2, 0.25) is 0 Å². The van der Waals surface area contributed by atoms with E-state index >= 15 is 0 Å². The van der Waals surface area contributed by atoms with Crippen LogP contribution in [0.1, 0.15) is 36.8 Å². The van der Waals surface area contributed by atoms with Crippen molar-refractivity contribution >= 4 is 68.9 Å². The zero-order valence-electron chi connectivity index (χ0n) is 18.6. The molecule has 34 heavy (non-hydrogen) atoms. The maximum Gasteiger partial charge on any atom is 0.305 e. The Morgan fingerprint density at radius 3 is 2.47 bits per heavy atom. The van der Waals surface area contributed by atoms with Gasteiger partial charge in [-0.05, 0) is 36.6 Å². The number of ether oxygens (including phenoxy) is 1. The fourth-order valence-electron chi connectivity index (χ4n) is 3.99. The van der Waals surface area contributed by atoms with E-state index in [0.29, 0.717) is 52.2 Å². The number of rotatable bonds is 8. The van der Waals surface area contributed by atoms with Crippen molar-refractivity contribution < 1.29 is 19.1 Å². The molecule has 0 spiro atoms. The number of hydrogen-bond donors (Lipinski definition) is 0. The molecule has 1 saturated heterocycles. The molecule has 176 valence electrons. The van der Waals surface area contributed by atoms with Gasteiger partial charge in [-0.1, -0.05) is 72.3 Å². The zero-order valence-corrected chi connectivity index (χ0v) is 21.0. The molecule has 2 amide bonds. The predicted octanol–water partition coefficient (Wildman–Crippen LogP) is 5.19. The van der Waals surface area contributed by atoms with E-state index in [-0.39, 0.29) is 17.8 Å². The molecule has 2 aliphatic rings. The van der Waals surface area contributed by atoms with Gasteiger partial charge in [-0.2, -0.15) is 0 Å². The zero-order chi connectivity index (χ0) is 24.2. The molecule has 2 aliphatic heterocycles. The molecule has 0 saturated carbocycles. The van der Waals surface area contributed by atoms with Gasteiger partial charge in [0.25, 0.3) is 11.8 Å². The number of thiocarbonyl (C=S) groups is 1. The number of carbonyl (C=O) groups excluding carboxylic acids is 3. The molecule has 0 radical (unpaired) electrons. The highest BCUT2D eigenvalue weighted by Crippen LogP contribution is 2.45. The van der Waals surface area contributed by atoms with Gasteiger partial charge in [0.15, 0.2) is 0 Å². The first-order chi connectivity index (χ1) is 16.4. The number of unbranched alkanes of at least 4 members (excludes halogenated alkanes) is 2. The highest BCUT2D eigenvalue weighted by atomic mass is 35.5. The second-order valence-corrected chi connectivity index (χ2v) is 10.0. The quantitative estimate of drug-likeness (QED) is 0.209. The number of hydrogen-bond acceptors (Lipinski definition) is 6. The minimum Gasteiger partial charge on any atom is -0.469 e. The van der Waals surface area contributed by atoms with Crippen molar-refractivity contribution in [2.45, 2.75) is 32.2 Å². The van der Waals surface area contributed by atoms with Gasteiger partial charge in [-0.3, -0.25) is 19.3 Å². The summed E-state index contributed by atoms with van der Waals surface area (Å²) in [5, 5.41) is 0.631. The van der Waals surface area contributed by atoms with Crippen molar-refractivity contribution in [2.24, 2.45) is 0 Å². The Morgan fingerprint density at radius 1 is 1.00 bits per heavy atom. The highest BCUT2D eigenvalue weighted by molar-refractivity contribution is 8.26. The van der Waals surface area contributed by atoms with E-state index in [1.165, 1.54) is 18.9 Å². The first-order valence-corrected chi connectivity index (χ1v) is 12.5. The summed E-state index contributed by atoms with van der Waals surface area (Å²) >= 11 is 12.7. The molecule has 0 atom stereocenters. The van der Waals surface area contributed by atoms with Gasteiger partial charge in [0.05, 0.1) is 29.8 Å². The lowest BCUT2D eigenvalue weighted by Gasteiger charge is -2.17. The lowest BCUT2D eigenvalue weighted by Crippen LogP contribution is -2.30. The third-order valence-electron chi connectivity index (χ3n) is 5.74. The maximum atomic E-state index is 13.5. The number of thioether (sulfide) groups is 1. The Labute approximate surface area is 212 Å². The van der Waals surface area contributed by atoms with E-state index < -0.39 is 0 Å². The number of halogens is 1. The molecule has 1 fully saturated rings. The Hall–Kier alpha value is -2.68. The van der Waals surface area contributed by atoms with Gasteiger partial charge in [0.1, 0.15) is 4.32 Å². The minimum absolute atomic E-state index is 0.213. The first-order valence-electron chi connectivity index (χ1n) is 10.9. The van der Waals surface area contributed by atoms with Crippen LogP contribution in [0.5, 0.6) is 0 Å². The summed E-state index contributed by atoms with van der Waals surface area (Å²) in [6.45, 7) is 0.823. The molecule has 0 aromatic heterocycles. The topological polar surface area (TPSA) is 66.9 Å². The average Bonchev–Trinajstić information content (AvgIpc) is 3.27. The molecule has 2 aromatic carbocycles. The van der Waals surface area contributed by atoms with E-state index in [1.54, 1.807) is 21.9 Å². The van der Waals surface area contributed by atoms with Crippen molar-refractivity contribution in [3.05, 3.63) is 69.6 Å².